The highest BCUT2D eigenvalue weighted by molar-refractivity contribution is 7.99. The minimum absolute atomic E-state index is 0.125. The fraction of sp³-hybridized carbons (Fsp3) is 0.583. The highest BCUT2D eigenvalue weighted by Gasteiger charge is 2.18. The van der Waals surface area contributed by atoms with Crippen LogP contribution in [0.1, 0.15) is 13.3 Å². The van der Waals surface area contributed by atoms with Crippen LogP contribution in [0, 0.1) is 0 Å². The van der Waals surface area contributed by atoms with E-state index in [1.807, 2.05) is 11.5 Å². The Morgan fingerprint density at radius 2 is 1.95 bits per heavy atom. The number of rotatable bonds is 5. The molecule has 110 valence electrons. The molecule has 0 amide bonds. The van der Waals surface area contributed by atoms with Crippen LogP contribution in [-0.4, -0.2) is 36.2 Å². The maximum absolute atomic E-state index is 12.3. The molecule has 0 saturated heterocycles. The number of thioether (sulfide) groups is 1. The molecule has 1 N–H and O–H groups in total. The molecule has 0 aliphatic rings. The van der Waals surface area contributed by atoms with E-state index in [9.17, 15) is 9.59 Å². The van der Waals surface area contributed by atoms with Gasteiger partial charge in [0.15, 0.2) is 16.3 Å². The summed E-state index contributed by atoms with van der Waals surface area (Å²) in [6, 6.07) is 0. The van der Waals surface area contributed by atoms with Crippen LogP contribution in [0.15, 0.2) is 14.7 Å². The number of aliphatic hydroxyl groups excluding tert-OH is 1. The molecule has 2 heterocycles. The van der Waals surface area contributed by atoms with Crippen molar-refractivity contribution in [3.05, 3.63) is 20.8 Å². The molecule has 2 aromatic heterocycles. The van der Waals surface area contributed by atoms with E-state index in [1.165, 1.54) is 23.4 Å². The minimum Gasteiger partial charge on any atom is -0.396 e. The van der Waals surface area contributed by atoms with Crippen LogP contribution in [0.2, 0.25) is 0 Å². The Hall–Kier alpha value is -1.54. The summed E-state index contributed by atoms with van der Waals surface area (Å²) in [5.41, 5.74) is 0.150. The Bertz CT molecular complexity index is 744. The normalized spacial score (nSPS) is 11.4. The van der Waals surface area contributed by atoms with Gasteiger partial charge in [0.2, 0.25) is 0 Å². The van der Waals surface area contributed by atoms with Gasteiger partial charge in [-0.2, -0.15) is 0 Å². The molecule has 0 aromatic carbocycles. The van der Waals surface area contributed by atoms with Gasteiger partial charge < -0.3 is 9.67 Å². The summed E-state index contributed by atoms with van der Waals surface area (Å²) in [7, 11) is 3.08. The number of aromatic nitrogens is 4. The molecule has 0 spiro atoms. The number of aliphatic hydroxyl groups is 1. The lowest BCUT2D eigenvalue weighted by Crippen LogP contribution is -2.37. The van der Waals surface area contributed by atoms with Gasteiger partial charge in [-0.3, -0.25) is 13.9 Å². The van der Waals surface area contributed by atoms with Crippen LogP contribution in [-0.2, 0) is 20.6 Å². The zero-order valence-electron chi connectivity index (χ0n) is 11.8. The zero-order chi connectivity index (χ0) is 14.9. The minimum atomic E-state index is -0.379. The summed E-state index contributed by atoms with van der Waals surface area (Å²) >= 11 is 1.48. The topological polar surface area (TPSA) is 82.1 Å². The van der Waals surface area contributed by atoms with Gasteiger partial charge in [0.05, 0.1) is 0 Å². The lowest BCUT2D eigenvalue weighted by Gasteiger charge is -2.06. The third-order valence-electron chi connectivity index (χ3n) is 3.16. The largest absolute Gasteiger partial charge is 0.396 e. The number of hydrogen-bond acceptors (Lipinski definition) is 5. The molecular weight excluding hydrogens is 280 g/mol. The van der Waals surface area contributed by atoms with Gasteiger partial charge in [0.1, 0.15) is 0 Å². The molecule has 0 fully saturated rings. The SMILES string of the molecule is CCn1c(SCCCO)nc2c1c(=O)n(C)c(=O)n2C. The second-order valence-electron chi connectivity index (χ2n) is 4.44. The third-order valence-corrected chi connectivity index (χ3v) is 4.23. The summed E-state index contributed by atoms with van der Waals surface area (Å²) in [5, 5.41) is 9.54. The number of imidazole rings is 1. The molecule has 20 heavy (non-hydrogen) atoms. The van der Waals surface area contributed by atoms with E-state index in [0.29, 0.717) is 35.0 Å². The summed E-state index contributed by atoms with van der Waals surface area (Å²) < 4.78 is 4.30. The standard InChI is InChI=1S/C12H18N4O3S/c1-4-16-8-9(13-11(16)20-7-5-6-17)14(2)12(19)15(3)10(8)18/h17H,4-7H2,1-3H3. The van der Waals surface area contributed by atoms with Crippen molar-refractivity contribution in [2.45, 2.75) is 25.0 Å². The number of aryl methyl sites for hydroxylation is 2. The van der Waals surface area contributed by atoms with Crippen LogP contribution in [0.4, 0.5) is 0 Å². The van der Waals surface area contributed by atoms with Gasteiger partial charge in [-0.1, -0.05) is 11.8 Å². The van der Waals surface area contributed by atoms with Gasteiger partial charge in [-0.25, -0.2) is 9.78 Å². The van der Waals surface area contributed by atoms with Crippen LogP contribution in [0.25, 0.3) is 11.2 Å². The monoisotopic (exact) mass is 298 g/mol. The summed E-state index contributed by atoms with van der Waals surface area (Å²) in [6.07, 6.45) is 0.661. The van der Waals surface area contributed by atoms with Crippen molar-refractivity contribution in [3.8, 4) is 0 Å². The molecule has 0 bridgehead atoms. The van der Waals surface area contributed by atoms with E-state index in [2.05, 4.69) is 4.98 Å². The second kappa shape index (κ2) is 5.84. The second-order valence-corrected chi connectivity index (χ2v) is 5.50. The van der Waals surface area contributed by atoms with E-state index >= 15 is 0 Å². The lowest BCUT2D eigenvalue weighted by atomic mass is 10.5. The van der Waals surface area contributed by atoms with Crippen LogP contribution >= 0.6 is 11.8 Å². The smallest absolute Gasteiger partial charge is 0.332 e. The fourth-order valence-corrected chi connectivity index (χ4v) is 3.04. The first-order valence-corrected chi connectivity index (χ1v) is 7.41. The van der Waals surface area contributed by atoms with Crippen molar-refractivity contribution >= 4 is 22.9 Å². The highest BCUT2D eigenvalue weighted by Crippen LogP contribution is 2.21. The van der Waals surface area contributed by atoms with Crippen molar-refractivity contribution in [3.63, 3.8) is 0 Å². The van der Waals surface area contributed by atoms with Crippen LogP contribution in [0.3, 0.4) is 0 Å². The fourth-order valence-electron chi connectivity index (χ4n) is 2.06. The zero-order valence-corrected chi connectivity index (χ0v) is 12.6. The maximum atomic E-state index is 12.3. The quantitative estimate of drug-likeness (QED) is 0.617. The van der Waals surface area contributed by atoms with E-state index in [-0.39, 0.29) is 17.9 Å². The first kappa shape index (κ1) is 14.9. The molecule has 2 aromatic rings. The molecule has 0 saturated carbocycles. The number of nitrogens with zero attached hydrogens (tertiary/aromatic N) is 4. The Balaban J connectivity index is 2.68. The summed E-state index contributed by atoms with van der Waals surface area (Å²) in [4.78, 5) is 28.6. The molecule has 7 nitrogen and oxygen atoms in total. The highest BCUT2D eigenvalue weighted by atomic mass is 32.2. The Morgan fingerprint density at radius 1 is 1.25 bits per heavy atom. The molecule has 8 heteroatoms. The number of fused-ring (bicyclic) bond motifs is 1. The van der Waals surface area contributed by atoms with E-state index in [0.717, 1.165) is 4.57 Å². The first-order chi connectivity index (χ1) is 9.52. The average Bonchev–Trinajstić information content (AvgIpc) is 2.82. The van der Waals surface area contributed by atoms with Gasteiger partial charge in [0.25, 0.3) is 5.56 Å². The first-order valence-electron chi connectivity index (χ1n) is 6.42. The number of hydrogen-bond donors (Lipinski definition) is 1. The van der Waals surface area contributed by atoms with Gasteiger partial charge in [0, 0.05) is 33.0 Å². The molecule has 0 atom stereocenters. The van der Waals surface area contributed by atoms with Crippen molar-refractivity contribution in [2.75, 3.05) is 12.4 Å². The van der Waals surface area contributed by atoms with E-state index in [1.54, 1.807) is 7.05 Å². The van der Waals surface area contributed by atoms with Crippen molar-refractivity contribution in [1.29, 1.82) is 0 Å². The lowest BCUT2D eigenvalue weighted by molar-refractivity contribution is 0.296. The molecular formula is C12H18N4O3S. The third kappa shape index (κ3) is 2.29. The van der Waals surface area contributed by atoms with E-state index < -0.39 is 0 Å². The molecule has 0 aliphatic heterocycles. The molecule has 0 aliphatic carbocycles. The molecule has 0 radical (unpaired) electrons. The van der Waals surface area contributed by atoms with Gasteiger partial charge in [-0.15, -0.1) is 0 Å². The maximum Gasteiger partial charge on any atom is 0.332 e. The summed E-state index contributed by atoms with van der Waals surface area (Å²) in [5.74, 6) is 0.716. The molecule has 2 rings (SSSR count). The average molecular weight is 298 g/mol. The van der Waals surface area contributed by atoms with Crippen molar-refractivity contribution < 1.29 is 5.11 Å². The Labute approximate surface area is 119 Å². The van der Waals surface area contributed by atoms with Crippen molar-refractivity contribution in [1.82, 2.24) is 18.7 Å². The predicted molar refractivity (Wildman–Crippen MR) is 78.3 cm³/mol. The van der Waals surface area contributed by atoms with Gasteiger partial charge in [-0.05, 0) is 13.3 Å². The molecule has 0 unspecified atom stereocenters. The van der Waals surface area contributed by atoms with E-state index in [4.69, 9.17) is 5.11 Å². The summed E-state index contributed by atoms with van der Waals surface area (Å²) in [6.45, 7) is 2.66. The predicted octanol–water partition coefficient (Wildman–Crippen LogP) is -0.0719. The van der Waals surface area contributed by atoms with Gasteiger partial charge >= 0.3 is 5.69 Å². The Kier molecular flexibility index (Phi) is 4.34. The van der Waals surface area contributed by atoms with Crippen molar-refractivity contribution in [2.24, 2.45) is 14.1 Å². The Morgan fingerprint density at radius 3 is 2.55 bits per heavy atom. The van der Waals surface area contributed by atoms with Crippen LogP contribution in [0.5, 0.6) is 0 Å². The van der Waals surface area contributed by atoms with Crippen LogP contribution < -0.4 is 11.2 Å².